The van der Waals surface area contributed by atoms with Crippen LogP contribution in [0.25, 0.3) is 0 Å². The number of ether oxygens (including phenoxy) is 1. The molecule has 0 atom stereocenters. The number of amides is 2. The molecule has 0 radical (unpaired) electrons. The second kappa shape index (κ2) is 9.36. The van der Waals surface area contributed by atoms with E-state index in [2.05, 4.69) is 0 Å². The lowest BCUT2D eigenvalue weighted by atomic mass is 10.1. The van der Waals surface area contributed by atoms with Crippen LogP contribution in [0.5, 0.6) is 11.5 Å². The van der Waals surface area contributed by atoms with Gasteiger partial charge in [0.15, 0.2) is 0 Å². The summed E-state index contributed by atoms with van der Waals surface area (Å²) in [6.45, 7) is 0.310. The molecular formula is C21H25N3O6S. The predicted molar refractivity (Wildman–Crippen MR) is 113 cm³/mol. The van der Waals surface area contributed by atoms with Gasteiger partial charge in [-0.3, -0.25) is 9.59 Å². The highest BCUT2D eigenvalue weighted by Gasteiger charge is 2.31. The van der Waals surface area contributed by atoms with E-state index in [1.54, 1.807) is 29.2 Å². The highest BCUT2D eigenvalue weighted by molar-refractivity contribution is 7.89. The molecular weight excluding hydrogens is 422 g/mol. The summed E-state index contributed by atoms with van der Waals surface area (Å²) in [4.78, 5) is 25.7. The minimum Gasteiger partial charge on any atom is -0.508 e. The van der Waals surface area contributed by atoms with Gasteiger partial charge < -0.3 is 20.5 Å². The van der Waals surface area contributed by atoms with E-state index in [4.69, 9.17) is 10.5 Å². The van der Waals surface area contributed by atoms with E-state index in [9.17, 15) is 23.1 Å². The predicted octanol–water partition coefficient (Wildman–Crippen LogP) is 1.18. The molecule has 9 nitrogen and oxygen atoms in total. The number of likely N-dealkylation sites (tertiary alicyclic amines) is 1. The van der Waals surface area contributed by atoms with Crippen molar-refractivity contribution in [1.82, 2.24) is 9.21 Å². The van der Waals surface area contributed by atoms with Gasteiger partial charge in [0.2, 0.25) is 15.9 Å². The van der Waals surface area contributed by atoms with Crippen LogP contribution in [0, 0.1) is 0 Å². The number of likely N-dealkylation sites (N-methyl/N-ethyl adjacent to an activating group) is 1. The average Bonchev–Trinajstić information content (AvgIpc) is 2.73. The second-order valence-corrected chi connectivity index (χ2v) is 9.34. The molecule has 1 fully saturated rings. The summed E-state index contributed by atoms with van der Waals surface area (Å²) in [5, 5.41) is 9.55. The molecule has 1 aliphatic heterocycles. The largest absolute Gasteiger partial charge is 0.508 e. The smallest absolute Gasteiger partial charge is 0.255 e. The summed E-state index contributed by atoms with van der Waals surface area (Å²) in [5.41, 5.74) is 5.16. The van der Waals surface area contributed by atoms with Gasteiger partial charge in [0.25, 0.3) is 5.91 Å². The van der Waals surface area contributed by atoms with E-state index in [1.807, 2.05) is 0 Å². The second-order valence-electron chi connectivity index (χ2n) is 7.33. The number of hydrogen-bond donors (Lipinski definition) is 2. The number of phenols is 1. The molecule has 0 bridgehead atoms. The number of primary amides is 1. The number of carbonyl (C=O) groups excluding carboxylic acids is 2. The fraction of sp³-hybridized carbons (Fsp3) is 0.333. The molecule has 0 aromatic heterocycles. The molecule has 31 heavy (non-hydrogen) atoms. The Balaban J connectivity index is 1.71. The Bertz CT molecular complexity index is 1060. The molecule has 3 N–H and O–H groups in total. The van der Waals surface area contributed by atoms with E-state index in [0.717, 1.165) is 4.31 Å². The fourth-order valence-corrected chi connectivity index (χ4v) is 4.75. The first-order valence-electron chi connectivity index (χ1n) is 9.77. The summed E-state index contributed by atoms with van der Waals surface area (Å²) in [5.74, 6) is -0.519. The zero-order chi connectivity index (χ0) is 22.6. The number of phenolic OH excluding ortho intramolecular Hbond substituents is 1. The molecule has 2 aromatic rings. The molecule has 0 spiro atoms. The highest BCUT2D eigenvalue weighted by Crippen LogP contribution is 2.25. The van der Waals surface area contributed by atoms with Gasteiger partial charge in [-0.15, -0.1) is 0 Å². The van der Waals surface area contributed by atoms with Crippen LogP contribution in [-0.2, 0) is 14.8 Å². The van der Waals surface area contributed by atoms with Crippen molar-refractivity contribution in [2.75, 3.05) is 26.7 Å². The number of nitrogens with zero attached hydrogens (tertiary/aromatic N) is 2. The van der Waals surface area contributed by atoms with Crippen molar-refractivity contribution in [1.29, 1.82) is 0 Å². The van der Waals surface area contributed by atoms with Crippen molar-refractivity contribution in [3.8, 4) is 11.5 Å². The van der Waals surface area contributed by atoms with Crippen LogP contribution in [0.15, 0.2) is 53.4 Å². The van der Waals surface area contributed by atoms with Gasteiger partial charge in [0.05, 0.1) is 17.0 Å². The van der Waals surface area contributed by atoms with E-state index >= 15 is 0 Å². The van der Waals surface area contributed by atoms with Crippen LogP contribution in [0.3, 0.4) is 0 Å². The van der Waals surface area contributed by atoms with E-state index in [0.29, 0.717) is 31.7 Å². The SMILES string of the molecule is CN(CC(N)=O)S(=O)(=O)c1ccccc1C(=O)N1CCC(Oc2cccc(O)c2)CC1. The lowest BCUT2D eigenvalue weighted by molar-refractivity contribution is -0.118. The third-order valence-corrected chi connectivity index (χ3v) is 6.90. The number of aromatic hydroxyl groups is 1. The monoisotopic (exact) mass is 447 g/mol. The number of piperidine rings is 1. The lowest BCUT2D eigenvalue weighted by Crippen LogP contribution is -2.42. The van der Waals surface area contributed by atoms with Crippen LogP contribution in [0.1, 0.15) is 23.2 Å². The first-order valence-corrected chi connectivity index (χ1v) is 11.2. The molecule has 2 aromatic carbocycles. The molecule has 10 heteroatoms. The molecule has 0 saturated carbocycles. The van der Waals surface area contributed by atoms with Crippen LogP contribution >= 0.6 is 0 Å². The van der Waals surface area contributed by atoms with Crippen LogP contribution in [-0.4, -0.2) is 67.3 Å². The van der Waals surface area contributed by atoms with E-state index in [-0.39, 0.29) is 22.3 Å². The fourth-order valence-electron chi connectivity index (χ4n) is 3.44. The average molecular weight is 448 g/mol. The maximum absolute atomic E-state index is 13.1. The number of carbonyl (C=O) groups is 2. The number of rotatable bonds is 7. The molecule has 1 heterocycles. The van der Waals surface area contributed by atoms with Gasteiger partial charge in [0.1, 0.15) is 17.6 Å². The number of hydrogen-bond acceptors (Lipinski definition) is 6. The topological polar surface area (TPSA) is 130 Å². The van der Waals surface area contributed by atoms with Gasteiger partial charge in [-0.25, -0.2) is 8.42 Å². The van der Waals surface area contributed by atoms with Crippen molar-refractivity contribution in [2.24, 2.45) is 5.73 Å². The zero-order valence-corrected chi connectivity index (χ0v) is 17.9. The zero-order valence-electron chi connectivity index (χ0n) is 17.1. The van der Waals surface area contributed by atoms with Crippen LogP contribution in [0.2, 0.25) is 0 Å². The molecule has 1 aliphatic rings. The molecule has 0 aliphatic carbocycles. The standard InChI is InChI=1S/C21H25N3O6S/c1-23(14-20(22)26)31(28,29)19-8-3-2-7-18(19)21(27)24-11-9-16(10-12-24)30-17-6-4-5-15(25)13-17/h2-8,13,16,25H,9-12,14H2,1H3,(H2,22,26). The Hall–Kier alpha value is -3.11. The first-order chi connectivity index (χ1) is 14.7. The Morgan fingerprint density at radius 1 is 1.16 bits per heavy atom. The van der Waals surface area contributed by atoms with Crippen LogP contribution < -0.4 is 10.5 Å². The maximum Gasteiger partial charge on any atom is 0.255 e. The van der Waals surface area contributed by atoms with E-state index < -0.39 is 28.4 Å². The summed E-state index contributed by atoms with van der Waals surface area (Å²) in [6.07, 6.45) is 1.02. The number of nitrogens with two attached hydrogens (primary N) is 1. The highest BCUT2D eigenvalue weighted by atomic mass is 32.2. The van der Waals surface area contributed by atoms with Gasteiger partial charge in [-0.05, 0) is 24.3 Å². The Labute approximate surface area is 181 Å². The minimum atomic E-state index is -4.07. The molecule has 3 rings (SSSR count). The molecule has 0 unspecified atom stereocenters. The van der Waals surface area contributed by atoms with Gasteiger partial charge in [-0.2, -0.15) is 4.31 Å². The van der Waals surface area contributed by atoms with Crippen molar-refractivity contribution in [3.05, 3.63) is 54.1 Å². The maximum atomic E-state index is 13.1. The van der Waals surface area contributed by atoms with Crippen molar-refractivity contribution < 1.29 is 27.9 Å². The van der Waals surface area contributed by atoms with Gasteiger partial charge in [-0.1, -0.05) is 18.2 Å². The third-order valence-electron chi connectivity index (χ3n) is 5.03. The van der Waals surface area contributed by atoms with Gasteiger partial charge in [0, 0.05) is 39.0 Å². The van der Waals surface area contributed by atoms with Crippen LogP contribution in [0.4, 0.5) is 0 Å². The molecule has 166 valence electrons. The van der Waals surface area contributed by atoms with Gasteiger partial charge >= 0.3 is 0 Å². The Kier molecular flexibility index (Phi) is 6.81. The Morgan fingerprint density at radius 3 is 2.48 bits per heavy atom. The number of benzene rings is 2. The summed E-state index contributed by atoms with van der Waals surface area (Å²) in [7, 11) is -2.83. The summed E-state index contributed by atoms with van der Waals surface area (Å²) >= 11 is 0. The van der Waals surface area contributed by atoms with Crippen molar-refractivity contribution in [2.45, 2.75) is 23.8 Å². The van der Waals surface area contributed by atoms with Crippen molar-refractivity contribution >= 4 is 21.8 Å². The lowest BCUT2D eigenvalue weighted by Gasteiger charge is -2.32. The molecule has 1 saturated heterocycles. The minimum absolute atomic E-state index is 0.0474. The normalized spacial score (nSPS) is 15.1. The quantitative estimate of drug-likeness (QED) is 0.656. The molecule has 2 amide bonds. The summed E-state index contributed by atoms with van der Waals surface area (Å²) in [6, 6.07) is 12.5. The third kappa shape index (κ3) is 5.33. The first kappa shape index (κ1) is 22.6. The number of sulfonamides is 1. The van der Waals surface area contributed by atoms with Crippen molar-refractivity contribution in [3.63, 3.8) is 0 Å². The Morgan fingerprint density at radius 2 is 1.84 bits per heavy atom. The summed E-state index contributed by atoms with van der Waals surface area (Å²) < 4.78 is 32.4. The van der Waals surface area contributed by atoms with E-state index in [1.165, 1.54) is 31.3 Å².